The fraction of sp³-hybridized carbons (Fsp3) is 0.185. The molecule has 0 fully saturated rings. The molecule has 0 amide bonds. The number of hydrogen-bond donors (Lipinski definition) is 3. The first kappa shape index (κ1) is 27.9. The normalized spacial score (nSPS) is 11.6. The van der Waals surface area contributed by atoms with Crippen LogP contribution in [0.1, 0.15) is 10.6 Å². The number of benzene rings is 2. The Morgan fingerprint density at radius 1 is 1.02 bits per heavy atom. The van der Waals surface area contributed by atoms with E-state index in [1.807, 2.05) is 53.9 Å². The number of aromatic nitrogens is 4. The molecule has 40 heavy (non-hydrogen) atoms. The lowest BCUT2D eigenvalue weighted by molar-refractivity contribution is 0.306. The van der Waals surface area contributed by atoms with E-state index in [1.54, 1.807) is 12.3 Å². The van der Waals surface area contributed by atoms with Crippen molar-refractivity contribution in [3.05, 3.63) is 88.1 Å². The predicted octanol–water partition coefficient (Wildman–Crippen LogP) is 4.54. The highest BCUT2D eigenvalue weighted by Gasteiger charge is 2.12. The Kier molecular flexibility index (Phi) is 8.82. The van der Waals surface area contributed by atoms with Crippen molar-refractivity contribution in [3.8, 4) is 17.1 Å². The Labute approximate surface area is 240 Å². The third-order valence-electron chi connectivity index (χ3n) is 5.89. The molecule has 3 heterocycles. The van der Waals surface area contributed by atoms with Gasteiger partial charge in [0.15, 0.2) is 9.84 Å². The summed E-state index contributed by atoms with van der Waals surface area (Å²) in [7, 11) is -3.22. The molecule has 5 rings (SSSR count). The van der Waals surface area contributed by atoms with Gasteiger partial charge in [-0.3, -0.25) is 4.98 Å². The molecule has 0 bridgehead atoms. The molecular weight excluding hydrogens is 570 g/mol. The van der Waals surface area contributed by atoms with Gasteiger partial charge in [-0.2, -0.15) is 0 Å². The molecule has 0 radical (unpaired) electrons. The Bertz CT molecular complexity index is 1720. The minimum atomic E-state index is -3.22. The van der Waals surface area contributed by atoms with Crippen molar-refractivity contribution in [2.45, 2.75) is 13.2 Å². The lowest BCUT2D eigenvalue weighted by Crippen LogP contribution is -2.26. The summed E-state index contributed by atoms with van der Waals surface area (Å²) in [5.41, 5.74) is 9.09. The van der Waals surface area contributed by atoms with Crippen LogP contribution in [0.25, 0.3) is 22.3 Å². The zero-order chi connectivity index (χ0) is 28.0. The van der Waals surface area contributed by atoms with E-state index in [1.165, 1.54) is 17.7 Å². The molecule has 0 aliphatic heterocycles. The van der Waals surface area contributed by atoms with Crippen molar-refractivity contribution in [2.24, 2.45) is 5.73 Å². The molecule has 0 aliphatic rings. The minimum Gasteiger partial charge on any atom is -0.487 e. The van der Waals surface area contributed by atoms with Crippen LogP contribution in [0.3, 0.4) is 0 Å². The van der Waals surface area contributed by atoms with Gasteiger partial charge in [0, 0.05) is 29.5 Å². The maximum absolute atomic E-state index is 11.5. The van der Waals surface area contributed by atoms with Crippen molar-refractivity contribution < 1.29 is 13.2 Å². The van der Waals surface area contributed by atoms with Crippen LogP contribution in [0.2, 0.25) is 5.02 Å². The Hall–Kier alpha value is -3.68. The van der Waals surface area contributed by atoms with Gasteiger partial charge in [-0.1, -0.05) is 41.9 Å². The number of nitrogens with zero attached hydrogens (tertiary/aromatic N) is 4. The minimum absolute atomic E-state index is 0.0155. The number of hydrogen-bond acceptors (Lipinski definition) is 11. The van der Waals surface area contributed by atoms with Crippen LogP contribution >= 0.6 is 22.9 Å². The van der Waals surface area contributed by atoms with E-state index in [9.17, 15) is 8.42 Å². The van der Waals surface area contributed by atoms with E-state index in [0.717, 1.165) is 21.6 Å². The summed E-state index contributed by atoms with van der Waals surface area (Å²) in [4.78, 5) is 17.9. The SMILES string of the molecule is NCS(=O)(=O)CCNCc1nc(-c2cc3c(Nc4ccc(OCc5ccccc5)c(Cl)c4)ncnc3cn2)cs1. The Morgan fingerprint density at radius 2 is 1.88 bits per heavy atom. The highest BCUT2D eigenvalue weighted by molar-refractivity contribution is 7.91. The van der Waals surface area contributed by atoms with Crippen LogP contribution in [-0.4, -0.2) is 46.5 Å². The number of anilines is 2. The lowest BCUT2D eigenvalue weighted by atomic mass is 10.2. The lowest BCUT2D eigenvalue weighted by Gasteiger charge is -2.12. The van der Waals surface area contributed by atoms with Gasteiger partial charge >= 0.3 is 0 Å². The zero-order valence-corrected chi connectivity index (χ0v) is 23.6. The number of sulfone groups is 1. The summed E-state index contributed by atoms with van der Waals surface area (Å²) >= 11 is 7.97. The number of pyridine rings is 1. The molecule has 0 saturated heterocycles. The highest BCUT2D eigenvalue weighted by Crippen LogP contribution is 2.32. The van der Waals surface area contributed by atoms with Gasteiger partial charge in [0.2, 0.25) is 0 Å². The topological polar surface area (TPSA) is 145 Å². The second kappa shape index (κ2) is 12.7. The first-order valence-electron chi connectivity index (χ1n) is 12.3. The standard InChI is InChI=1S/C27H26ClN7O3S2/c28-21-10-19(6-7-25(21)38-14-18-4-2-1-3-5-18)34-27-20-11-22(31-12-23(20)32-17-33-27)24-15-39-26(35-24)13-30-8-9-40(36,37)16-29/h1-7,10-12,15,17,30H,8-9,13-14,16,29H2,(H,32,33,34). The summed E-state index contributed by atoms with van der Waals surface area (Å²) in [5, 5.41) is 10.4. The third-order valence-corrected chi connectivity index (χ3v) is 8.37. The van der Waals surface area contributed by atoms with Crippen LogP contribution in [0, 0.1) is 0 Å². The molecule has 0 aliphatic carbocycles. The predicted molar refractivity (Wildman–Crippen MR) is 158 cm³/mol. The quantitative estimate of drug-likeness (QED) is 0.176. The van der Waals surface area contributed by atoms with Crippen LogP contribution in [0.15, 0.2) is 72.5 Å². The molecular formula is C27H26ClN7O3S2. The first-order valence-corrected chi connectivity index (χ1v) is 15.4. The summed E-state index contributed by atoms with van der Waals surface area (Å²) in [6.07, 6.45) is 3.16. The van der Waals surface area contributed by atoms with Gasteiger partial charge in [-0.05, 0) is 29.8 Å². The largest absolute Gasteiger partial charge is 0.487 e. The number of thiazole rings is 1. The van der Waals surface area contributed by atoms with E-state index in [0.29, 0.717) is 53.2 Å². The molecule has 13 heteroatoms. The smallest absolute Gasteiger partial charge is 0.164 e. The molecule has 5 aromatic rings. The van der Waals surface area contributed by atoms with Crippen LogP contribution < -0.4 is 21.1 Å². The number of rotatable bonds is 12. The molecule has 4 N–H and O–H groups in total. The van der Waals surface area contributed by atoms with E-state index in [-0.39, 0.29) is 11.6 Å². The van der Waals surface area contributed by atoms with Crippen LogP contribution in [0.5, 0.6) is 5.75 Å². The summed E-state index contributed by atoms with van der Waals surface area (Å²) in [6, 6.07) is 17.3. The Morgan fingerprint density at radius 3 is 2.67 bits per heavy atom. The van der Waals surface area contributed by atoms with Gasteiger partial charge in [0.1, 0.15) is 29.5 Å². The van der Waals surface area contributed by atoms with Gasteiger partial charge in [0.05, 0.1) is 39.8 Å². The molecule has 0 atom stereocenters. The number of halogens is 1. The van der Waals surface area contributed by atoms with Gasteiger partial charge in [-0.25, -0.2) is 23.4 Å². The number of fused-ring (bicyclic) bond motifs is 1. The van der Waals surface area contributed by atoms with E-state index in [2.05, 4.69) is 30.6 Å². The van der Waals surface area contributed by atoms with Crippen LogP contribution in [0.4, 0.5) is 11.5 Å². The second-order valence-corrected chi connectivity index (χ2v) is 12.3. The van der Waals surface area contributed by atoms with Gasteiger partial charge < -0.3 is 21.1 Å². The number of nitrogens with two attached hydrogens (primary N) is 1. The summed E-state index contributed by atoms with van der Waals surface area (Å²) in [5.74, 6) is 0.815. The molecule has 0 spiro atoms. The first-order chi connectivity index (χ1) is 19.4. The maximum atomic E-state index is 11.5. The fourth-order valence-electron chi connectivity index (χ4n) is 3.78. The van der Waals surface area contributed by atoms with Crippen LogP contribution in [-0.2, 0) is 23.0 Å². The van der Waals surface area contributed by atoms with Crippen molar-refractivity contribution in [3.63, 3.8) is 0 Å². The molecule has 10 nitrogen and oxygen atoms in total. The van der Waals surface area contributed by atoms with Gasteiger partial charge in [0.25, 0.3) is 0 Å². The monoisotopic (exact) mass is 595 g/mol. The average Bonchev–Trinajstić information content (AvgIpc) is 3.44. The second-order valence-electron chi connectivity index (χ2n) is 8.77. The zero-order valence-electron chi connectivity index (χ0n) is 21.2. The van der Waals surface area contributed by atoms with Crippen molar-refractivity contribution in [1.82, 2.24) is 25.3 Å². The molecule has 2 aromatic carbocycles. The fourth-order valence-corrected chi connectivity index (χ4v) is 5.40. The van der Waals surface area contributed by atoms with E-state index in [4.69, 9.17) is 22.1 Å². The molecule has 0 unspecified atom stereocenters. The van der Waals surface area contributed by atoms with Gasteiger partial charge in [-0.15, -0.1) is 11.3 Å². The average molecular weight is 596 g/mol. The van der Waals surface area contributed by atoms with Crippen molar-refractivity contribution >= 4 is 55.2 Å². The highest BCUT2D eigenvalue weighted by atomic mass is 35.5. The number of ether oxygens (including phenoxy) is 1. The number of nitrogens with one attached hydrogen (secondary N) is 2. The maximum Gasteiger partial charge on any atom is 0.164 e. The molecule has 206 valence electrons. The molecule has 0 saturated carbocycles. The summed E-state index contributed by atoms with van der Waals surface area (Å²) < 4.78 is 29.0. The third kappa shape index (κ3) is 7.09. The Balaban J connectivity index is 1.28. The summed E-state index contributed by atoms with van der Waals surface area (Å²) in [6.45, 7) is 1.17. The van der Waals surface area contributed by atoms with Crippen molar-refractivity contribution in [2.75, 3.05) is 23.5 Å². The van der Waals surface area contributed by atoms with E-state index >= 15 is 0 Å². The molecule has 3 aromatic heterocycles. The van der Waals surface area contributed by atoms with E-state index < -0.39 is 9.84 Å². The van der Waals surface area contributed by atoms with Crippen molar-refractivity contribution in [1.29, 1.82) is 0 Å².